The van der Waals surface area contributed by atoms with Gasteiger partial charge in [-0.25, -0.2) is 9.59 Å². The molecule has 15 nitrogen and oxygen atoms in total. The van der Waals surface area contributed by atoms with Crippen molar-refractivity contribution in [3.8, 4) is 0 Å². The summed E-state index contributed by atoms with van der Waals surface area (Å²) >= 11 is 0. The first-order valence-corrected chi connectivity index (χ1v) is 19.7. The minimum atomic E-state index is -1.20. The van der Waals surface area contributed by atoms with Crippen LogP contribution in [-0.2, 0) is 49.5 Å². The molecule has 56 heavy (non-hydrogen) atoms. The molecule has 2 rings (SSSR count). The fraction of sp³-hybridized carbons (Fsp3) is 0.634. The lowest BCUT2D eigenvalue weighted by Crippen LogP contribution is -2.57. The van der Waals surface area contributed by atoms with Crippen molar-refractivity contribution in [1.29, 1.82) is 0 Å². The quantitative estimate of drug-likeness (QED) is 0.201. The van der Waals surface area contributed by atoms with Gasteiger partial charge in [0.25, 0.3) is 5.91 Å². The van der Waals surface area contributed by atoms with Crippen molar-refractivity contribution in [2.75, 3.05) is 33.8 Å². The number of ether oxygens (including phenoxy) is 2. The molecule has 15 heteroatoms. The molecular weight excluding hydrogens is 720 g/mol. The topological polar surface area (TPSA) is 207 Å². The number of unbranched alkanes of at least 4 members (excludes halogenated alkanes) is 1. The zero-order valence-electron chi connectivity index (χ0n) is 34.4. The minimum Gasteiger partial charge on any atom is -0.464 e. The van der Waals surface area contributed by atoms with E-state index in [2.05, 4.69) is 16.0 Å². The third-order valence-corrected chi connectivity index (χ3v) is 9.81. The number of hydrogen-bond acceptors (Lipinski definition) is 10. The number of esters is 2. The number of nitrogens with one attached hydrogen (secondary N) is 3. The molecule has 6 atom stereocenters. The van der Waals surface area contributed by atoms with Gasteiger partial charge in [0, 0.05) is 26.1 Å². The van der Waals surface area contributed by atoms with E-state index in [1.54, 1.807) is 32.1 Å². The summed E-state index contributed by atoms with van der Waals surface area (Å²) in [5, 5.41) is 8.19. The Morgan fingerprint density at radius 2 is 1.59 bits per heavy atom. The monoisotopic (exact) mass is 784 g/mol. The van der Waals surface area contributed by atoms with E-state index in [1.165, 1.54) is 30.8 Å². The summed E-state index contributed by atoms with van der Waals surface area (Å²) in [6.45, 7) is 10.4. The maximum Gasteiger partial charge on any atom is 0.334 e. The molecule has 1 aromatic rings. The fourth-order valence-corrected chi connectivity index (χ4v) is 6.14. The van der Waals surface area contributed by atoms with Crippen LogP contribution in [0.4, 0.5) is 0 Å². The fourth-order valence-electron chi connectivity index (χ4n) is 6.14. The molecule has 5 N–H and O–H groups in total. The Morgan fingerprint density at radius 1 is 0.911 bits per heavy atom. The van der Waals surface area contributed by atoms with Crippen molar-refractivity contribution in [3.05, 3.63) is 47.5 Å². The number of nitrogens with two attached hydrogens (primary N) is 1. The van der Waals surface area contributed by atoms with Crippen molar-refractivity contribution < 1.29 is 43.0 Å². The van der Waals surface area contributed by atoms with Gasteiger partial charge in [-0.05, 0) is 76.3 Å². The molecule has 0 fully saturated rings. The van der Waals surface area contributed by atoms with Crippen molar-refractivity contribution >= 4 is 41.5 Å². The second-order valence-corrected chi connectivity index (χ2v) is 15.1. The first-order valence-electron chi connectivity index (χ1n) is 19.7. The highest BCUT2D eigenvalue weighted by Crippen LogP contribution is 2.16. The molecule has 0 bridgehead atoms. The lowest BCUT2D eigenvalue weighted by atomic mass is 9.97. The van der Waals surface area contributed by atoms with E-state index in [0.29, 0.717) is 38.6 Å². The number of carbonyl (C=O) groups excluding carboxylic acids is 7. The van der Waals surface area contributed by atoms with Crippen molar-refractivity contribution in [2.45, 2.75) is 123 Å². The molecule has 0 spiro atoms. The number of carbonyl (C=O) groups is 7. The maximum absolute atomic E-state index is 14.1. The van der Waals surface area contributed by atoms with Crippen molar-refractivity contribution in [1.82, 2.24) is 25.8 Å². The summed E-state index contributed by atoms with van der Waals surface area (Å²) in [6, 6.07) is 4.84. The van der Waals surface area contributed by atoms with E-state index < -0.39 is 78.3 Å². The average molecular weight is 785 g/mol. The van der Waals surface area contributed by atoms with Crippen LogP contribution < -0.4 is 21.7 Å². The molecule has 1 heterocycles. The number of hydrogen-bond donors (Lipinski definition) is 4. The zero-order valence-corrected chi connectivity index (χ0v) is 34.4. The van der Waals surface area contributed by atoms with Gasteiger partial charge in [-0.2, -0.15) is 0 Å². The highest BCUT2D eigenvalue weighted by Gasteiger charge is 2.36. The van der Waals surface area contributed by atoms with Gasteiger partial charge in [0.15, 0.2) is 6.10 Å². The standard InChI is InChI=1S/C41H64N6O9/c1-9-27(4)35-37(50)44-31(20-13-15-21-42)41(54)55-22-16-14-17-28(5)40(53)56-33(23-26(2)3)36(49)43-29(6)38(51)47(8)32(24-30-18-11-10-12-19-30)39(52)46(7)25-34(48)45-35/h10-12,17-19,26-27,29,31-33,35H,9,13-16,20-25,42H2,1-8H3,(H,43,49)(H,44,50)(H,45,48)/b28-17+/t27?,29-,31-,32+,33?,35-/m0/s1. The van der Waals surface area contributed by atoms with Crippen LogP contribution in [-0.4, -0.2) is 115 Å². The molecule has 0 saturated carbocycles. The van der Waals surface area contributed by atoms with Crippen LogP contribution in [0.15, 0.2) is 42.0 Å². The van der Waals surface area contributed by atoms with Gasteiger partial charge in [0.2, 0.25) is 23.6 Å². The summed E-state index contributed by atoms with van der Waals surface area (Å²) in [5.41, 5.74) is 6.68. The number of cyclic esters (lactones) is 2. The lowest BCUT2D eigenvalue weighted by Gasteiger charge is -2.33. The van der Waals surface area contributed by atoms with Gasteiger partial charge in [0.05, 0.1) is 13.2 Å². The van der Waals surface area contributed by atoms with E-state index in [-0.39, 0.29) is 43.3 Å². The van der Waals surface area contributed by atoms with Crippen LogP contribution in [0.1, 0.15) is 92.1 Å². The predicted molar refractivity (Wildman–Crippen MR) is 211 cm³/mol. The highest BCUT2D eigenvalue weighted by molar-refractivity contribution is 5.96. The first kappa shape index (κ1) is 47.4. The third-order valence-electron chi connectivity index (χ3n) is 9.81. The Labute approximate surface area is 331 Å². The zero-order chi connectivity index (χ0) is 41.9. The normalized spacial score (nSPS) is 25.1. The van der Waals surface area contributed by atoms with E-state index in [1.807, 2.05) is 39.0 Å². The van der Waals surface area contributed by atoms with Crippen LogP contribution in [0.3, 0.4) is 0 Å². The van der Waals surface area contributed by atoms with Gasteiger partial charge in [0.1, 0.15) is 24.2 Å². The van der Waals surface area contributed by atoms with E-state index in [4.69, 9.17) is 15.2 Å². The number of benzene rings is 1. The molecule has 0 aromatic heterocycles. The molecule has 2 unspecified atom stereocenters. The summed E-state index contributed by atoms with van der Waals surface area (Å²) in [6.07, 6.45) is 3.41. The van der Waals surface area contributed by atoms with Gasteiger partial charge < -0.3 is 41.0 Å². The molecule has 1 aromatic carbocycles. The molecule has 0 saturated heterocycles. The van der Waals surface area contributed by atoms with E-state index in [9.17, 15) is 33.6 Å². The number of rotatable bonds is 10. The second-order valence-electron chi connectivity index (χ2n) is 15.1. The molecular formula is C41H64N6O9. The average Bonchev–Trinajstić information content (AvgIpc) is 3.16. The SMILES string of the molecule is CCC(C)[C@@H]1NC(=O)CN(C)C(=O)[C@@H](Cc2ccccc2)N(C)C(=O)[C@H](C)NC(=O)C(CC(C)C)OC(=O)/C(C)=C/CCCOC(=O)[C@H](CCCCN)NC1=O. The number of nitrogens with zero attached hydrogens (tertiary/aromatic N) is 2. The Hall–Kier alpha value is -4.79. The van der Waals surface area contributed by atoms with Crippen LogP contribution >= 0.6 is 0 Å². The number of allylic oxidation sites excluding steroid dienone is 1. The van der Waals surface area contributed by atoms with Crippen molar-refractivity contribution in [3.63, 3.8) is 0 Å². The maximum atomic E-state index is 14.1. The minimum absolute atomic E-state index is 0.0107. The van der Waals surface area contributed by atoms with E-state index in [0.717, 1.165) is 5.56 Å². The van der Waals surface area contributed by atoms with Gasteiger partial charge in [-0.15, -0.1) is 0 Å². The second kappa shape index (κ2) is 24.0. The van der Waals surface area contributed by atoms with Crippen molar-refractivity contribution in [2.24, 2.45) is 17.6 Å². The van der Waals surface area contributed by atoms with Crippen LogP contribution in [0.2, 0.25) is 0 Å². The molecule has 5 amide bonds. The smallest absolute Gasteiger partial charge is 0.334 e. The van der Waals surface area contributed by atoms with Crippen LogP contribution in [0.5, 0.6) is 0 Å². The Kier molecular flexibility index (Phi) is 20.3. The van der Waals surface area contributed by atoms with Crippen LogP contribution in [0, 0.1) is 11.8 Å². The predicted octanol–water partition coefficient (Wildman–Crippen LogP) is 2.41. The molecule has 1 aliphatic rings. The summed E-state index contributed by atoms with van der Waals surface area (Å²) in [5.74, 6) is -4.69. The van der Waals surface area contributed by atoms with E-state index >= 15 is 0 Å². The Balaban J connectivity index is 2.53. The summed E-state index contributed by atoms with van der Waals surface area (Å²) in [7, 11) is 2.88. The van der Waals surface area contributed by atoms with Gasteiger partial charge >= 0.3 is 11.9 Å². The van der Waals surface area contributed by atoms with Gasteiger partial charge in [-0.1, -0.05) is 70.5 Å². The summed E-state index contributed by atoms with van der Waals surface area (Å²) < 4.78 is 11.2. The highest BCUT2D eigenvalue weighted by atomic mass is 16.5. The molecule has 312 valence electrons. The molecule has 0 radical (unpaired) electrons. The summed E-state index contributed by atoms with van der Waals surface area (Å²) in [4.78, 5) is 97.4. The first-order chi connectivity index (χ1) is 26.5. The van der Waals surface area contributed by atoms with Gasteiger partial charge in [-0.3, -0.25) is 24.0 Å². The largest absolute Gasteiger partial charge is 0.464 e. The Morgan fingerprint density at radius 3 is 2.21 bits per heavy atom. The molecule has 1 aliphatic heterocycles. The number of likely N-dealkylation sites (N-methyl/N-ethyl adjacent to an activating group) is 2. The van der Waals surface area contributed by atoms with Crippen LogP contribution in [0.25, 0.3) is 0 Å². The Bertz CT molecular complexity index is 1520. The lowest BCUT2D eigenvalue weighted by molar-refractivity contribution is -0.154. The third kappa shape index (κ3) is 15.4. The molecule has 0 aliphatic carbocycles. The number of amides is 5.